The molecule has 0 rings (SSSR count). The maximum Gasteiger partial charge on any atom is 0.306 e. The molecule has 0 aliphatic rings. The van der Waals surface area contributed by atoms with Crippen molar-refractivity contribution in [2.45, 2.75) is 219 Å². The Balaban J connectivity index is 4.32. The predicted octanol–water partition coefficient (Wildman–Crippen LogP) is 15.6. The van der Waals surface area contributed by atoms with Gasteiger partial charge in [0.05, 0.1) is 40.3 Å². The smallest absolute Gasteiger partial charge is 0.306 e. The lowest BCUT2D eigenvalue weighted by Crippen LogP contribution is -2.44. The Morgan fingerprint density at radius 2 is 0.740 bits per heavy atom. The van der Waals surface area contributed by atoms with Gasteiger partial charge in [0.1, 0.15) is 13.2 Å². The third kappa shape index (κ3) is 55.3. The van der Waals surface area contributed by atoms with Gasteiger partial charge in [-0.25, -0.2) is 0 Å². The normalized spacial score (nSPS) is 13.7. The van der Waals surface area contributed by atoms with Crippen LogP contribution in [-0.4, -0.2) is 82.3 Å². The first-order valence-electron chi connectivity index (χ1n) is 28.7. The Kier molecular flexibility index (Phi) is 50.8. The van der Waals surface area contributed by atoms with Gasteiger partial charge < -0.3 is 33.3 Å². The molecular weight excluding hydrogens is 911 g/mol. The van der Waals surface area contributed by atoms with E-state index in [-0.39, 0.29) is 38.6 Å². The maximum absolute atomic E-state index is 12.9. The number of ether oxygens (including phenoxy) is 4. The quantitative estimate of drug-likeness (QED) is 0.0195. The van der Waals surface area contributed by atoms with Crippen molar-refractivity contribution in [2.75, 3.05) is 47.5 Å². The van der Waals surface area contributed by atoms with Crippen LogP contribution in [0.5, 0.6) is 0 Å². The summed E-state index contributed by atoms with van der Waals surface area (Å²) in [7, 11) is 5.90. The van der Waals surface area contributed by atoms with E-state index in [9.17, 15) is 19.5 Å². The highest BCUT2D eigenvalue weighted by molar-refractivity contribution is 5.70. The van der Waals surface area contributed by atoms with E-state index < -0.39 is 24.3 Å². The van der Waals surface area contributed by atoms with Crippen molar-refractivity contribution >= 4 is 17.9 Å². The molecule has 0 aliphatic heterocycles. The third-order valence-corrected chi connectivity index (χ3v) is 11.7. The fraction of sp³-hybridized carbons (Fsp3) is 0.641. The minimum atomic E-state index is -1.63. The van der Waals surface area contributed by atoms with Gasteiger partial charge in [-0.2, -0.15) is 0 Å². The summed E-state index contributed by atoms with van der Waals surface area (Å²) in [6, 6.07) is 0. The minimum absolute atomic E-state index is 0.137. The number of hydrogen-bond donors (Lipinski definition) is 0. The number of likely N-dealkylation sites (N-methyl/N-ethyl adjacent to an activating group) is 1. The SMILES string of the molecule is CC/C=C\C/C=C\C/C=C\C/C=C\C/C=C\C/C=C\CCCCCCCCCCC(=O)OC(COC(=O)CCCCCCCCCC/C=C\C/C=C\C/C=C\C/C=C\CC)COC(OCC[N+](C)(C)C)C(=O)[O-]. The van der Waals surface area contributed by atoms with Crippen LogP contribution in [0.1, 0.15) is 206 Å². The van der Waals surface area contributed by atoms with Gasteiger partial charge >= 0.3 is 11.9 Å². The second kappa shape index (κ2) is 54.0. The lowest BCUT2D eigenvalue weighted by atomic mass is 10.1. The van der Waals surface area contributed by atoms with Crippen LogP contribution in [0.2, 0.25) is 0 Å². The molecule has 0 fully saturated rings. The van der Waals surface area contributed by atoms with Crippen molar-refractivity contribution in [3.05, 3.63) is 122 Å². The van der Waals surface area contributed by atoms with E-state index >= 15 is 0 Å². The van der Waals surface area contributed by atoms with Crippen LogP contribution in [0.15, 0.2) is 122 Å². The number of carbonyl (C=O) groups is 3. The molecule has 414 valence electrons. The van der Waals surface area contributed by atoms with E-state index in [0.717, 1.165) is 122 Å². The fourth-order valence-corrected chi connectivity index (χ4v) is 7.35. The lowest BCUT2D eigenvalue weighted by molar-refractivity contribution is -0.870. The highest BCUT2D eigenvalue weighted by Crippen LogP contribution is 2.14. The molecule has 0 spiro atoms. The molecule has 73 heavy (non-hydrogen) atoms. The van der Waals surface area contributed by atoms with Gasteiger partial charge in [-0.05, 0) is 103 Å². The lowest BCUT2D eigenvalue weighted by Gasteiger charge is -2.26. The summed E-state index contributed by atoms with van der Waals surface area (Å²) < 4.78 is 22.7. The van der Waals surface area contributed by atoms with Crippen molar-refractivity contribution in [1.82, 2.24) is 0 Å². The second-order valence-electron chi connectivity index (χ2n) is 19.8. The number of quaternary nitrogens is 1. The van der Waals surface area contributed by atoms with Crippen LogP contribution >= 0.6 is 0 Å². The van der Waals surface area contributed by atoms with Crippen molar-refractivity contribution in [3.63, 3.8) is 0 Å². The molecule has 0 aliphatic carbocycles. The van der Waals surface area contributed by atoms with E-state index in [1.165, 1.54) is 51.4 Å². The van der Waals surface area contributed by atoms with Crippen molar-refractivity contribution in [2.24, 2.45) is 0 Å². The number of esters is 2. The molecule has 0 heterocycles. The predicted molar refractivity (Wildman–Crippen MR) is 306 cm³/mol. The topological polar surface area (TPSA) is 111 Å². The molecule has 2 atom stereocenters. The van der Waals surface area contributed by atoms with Gasteiger partial charge in [0.15, 0.2) is 12.4 Å². The summed E-state index contributed by atoms with van der Waals surface area (Å²) in [6.07, 6.45) is 72.3. The molecule has 0 radical (unpaired) electrons. The zero-order valence-corrected chi connectivity index (χ0v) is 47.0. The fourth-order valence-electron chi connectivity index (χ4n) is 7.35. The maximum atomic E-state index is 12.9. The van der Waals surface area contributed by atoms with E-state index in [1.807, 2.05) is 21.1 Å². The molecule has 0 aromatic heterocycles. The van der Waals surface area contributed by atoms with Crippen LogP contribution in [0.4, 0.5) is 0 Å². The molecule has 9 heteroatoms. The number of carboxylic acids is 1. The highest BCUT2D eigenvalue weighted by atomic mass is 16.7. The summed E-state index contributed by atoms with van der Waals surface area (Å²) in [5, 5.41) is 11.8. The zero-order chi connectivity index (χ0) is 53.4. The molecule has 9 nitrogen and oxygen atoms in total. The number of allylic oxidation sites excluding steroid dienone is 20. The first kappa shape index (κ1) is 68.7. The largest absolute Gasteiger partial charge is 0.545 e. The van der Waals surface area contributed by atoms with Crippen LogP contribution in [0.25, 0.3) is 0 Å². The second-order valence-corrected chi connectivity index (χ2v) is 19.8. The first-order chi connectivity index (χ1) is 35.6. The average Bonchev–Trinajstić information content (AvgIpc) is 3.36. The minimum Gasteiger partial charge on any atom is -0.545 e. The number of nitrogens with zero attached hydrogens (tertiary/aromatic N) is 1. The molecule has 0 saturated carbocycles. The zero-order valence-electron chi connectivity index (χ0n) is 47.0. The van der Waals surface area contributed by atoms with Crippen LogP contribution in [0, 0.1) is 0 Å². The molecule has 0 aromatic carbocycles. The van der Waals surface area contributed by atoms with Gasteiger partial charge in [0.25, 0.3) is 0 Å². The van der Waals surface area contributed by atoms with Crippen LogP contribution in [0.3, 0.4) is 0 Å². The van der Waals surface area contributed by atoms with Crippen molar-refractivity contribution in [1.29, 1.82) is 0 Å². The van der Waals surface area contributed by atoms with Crippen molar-refractivity contribution in [3.8, 4) is 0 Å². The molecule has 0 saturated heterocycles. The number of unbranched alkanes of at least 4 members (excludes halogenated alkanes) is 16. The Labute approximate surface area is 447 Å². The highest BCUT2D eigenvalue weighted by Gasteiger charge is 2.22. The molecule has 0 aromatic rings. The standard InChI is InChI=1S/C64H105NO8/c1-6-8-10-12-14-16-18-20-22-24-26-28-29-30-31-32-33-35-37-39-41-43-45-47-49-51-53-55-62(67)73-60(59-72-64(63(68)69)70-57-56-65(3,4)5)58-71-61(66)54-52-50-48-46-44-42-40-38-36-34-27-25-23-21-19-17-15-13-11-9-7-2/h8-11,14-17,20-23,26-28,30-31,33-35,60,64H,6-7,12-13,18-19,24-25,29,32,36-59H2,1-5H3/b10-8-,11-9-,16-14-,17-15-,22-20-,23-21-,28-26-,31-30-,34-27-,35-33-. The van der Waals surface area contributed by atoms with Crippen LogP contribution < -0.4 is 5.11 Å². The van der Waals surface area contributed by atoms with Gasteiger partial charge in [0, 0.05) is 12.8 Å². The average molecular weight is 1020 g/mol. The third-order valence-electron chi connectivity index (χ3n) is 11.7. The molecule has 0 N–H and O–H groups in total. The van der Waals surface area contributed by atoms with E-state index in [2.05, 4.69) is 135 Å². The Hall–Kier alpha value is -4.31. The summed E-state index contributed by atoms with van der Waals surface area (Å²) in [5.41, 5.74) is 0. The summed E-state index contributed by atoms with van der Waals surface area (Å²) in [6.45, 7) is 4.49. The monoisotopic (exact) mass is 1020 g/mol. The number of aliphatic carboxylic acids is 1. The van der Waals surface area contributed by atoms with Gasteiger partial charge in [-0.3, -0.25) is 9.59 Å². The van der Waals surface area contributed by atoms with E-state index in [0.29, 0.717) is 17.4 Å². The number of carbonyl (C=O) groups excluding carboxylic acids is 3. The number of carboxylic acid groups (broad SMARTS) is 1. The Morgan fingerprint density at radius 1 is 0.411 bits per heavy atom. The van der Waals surface area contributed by atoms with Gasteiger partial charge in [-0.15, -0.1) is 0 Å². The van der Waals surface area contributed by atoms with Crippen LogP contribution in [-0.2, 0) is 33.3 Å². The van der Waals surface area contributed by atoms with E-state index in [4.69, 9.17) is 18.9 Å². The molecular formula is C64H105NO8. The van der Waals surface area contributed by atoms with Gasteiger partial charge in [-0.1, -0.05) is 212 Å². The van der Waals surface area contributed by atoms with E-state index in [1.54, 1.807) is 0 Å². The summed E-state index contributed by atoms with van der Waals surface area (Å²) >= 11 is 0. The molecule has 0 bridgehead atoms. The number of rotatable bonds is 51. The Bertz CT molecular complexity index is 1610. The summed E-state index contributed by atoms with van der Waals surface area (Å²) in [4.78, 5) is 37.3. The van der Waals surface area contributed by atoms with Crippen molar-refractivity contribution < 1.29 is 42.9 Å². The Morgan fingerprint density at radius 3 is 1.10 bits per heavy atom. The molecule has 0 amide bonds. The molecule has 2 unspecified atom stereocenters. The van der Waals surface area contributed by atoms with Gasteiger partial charge in [0.2, 0.25) is 0 Å². The summed E-state index contributed by atoms with van der Waals surface area (Å²) in [5.74, 6) is -2.32. The number of hydrogen-bond acceptors (Lipinski definition) is 8. The first-order valence-corrected chi connectivity index (χ1v) is 28.7.